The van der Waals surface area contributed by atoms with E-state index in [1.165, 1.54) is 5.57 Å². The van der Waals surface area contributed by atoms with E-state index in [9.17, 15) is 4.79 Å². The van der Waals surface area contributed by atoms with Crippen molar-refractivity contribution in [1.29, 1.82) is 0 Å². The summed E-state index contributed by atoms with van der Waals surface area (Å²) in [6, 6.07) is 0. The second-order valence-corrected chi connectivity index (χ2v) is 4.05. The number of rotatable bonds is 6. The Morgan fingerprint density at radius 2 is 2.08 bits per heavy atom. The van der Waals surface area contributed by atoms with E-state index in [1.807, 2.05) is 6.08 Å². The van der Waals surface area contributed by atoms with Gasteiger partial charge < -0.3 is 4.79 Å². The van der Waals surface area contributed by atoms with Gasteiger partial charge in [0.2, 0.25) is 0 Å². The van der Waals surface area contributed by atoms with Crippen molar-refractivity contribution in [3.8, 4) is 0 Å². The topological polar surface area (TPSA) is 17.1 Å². The van der Waals surface area contributed by atoms with E-state index in [0.717, 1.165) is 19.1 Å². The Morgan fingerprint density at radius 3 is 2.46 bits per heavy atom. The molecule has 0 aliphatic rings. The quantitative estimate of drug-likeness (QED) is 0.451. The maximum atomic E-state index is 10.4. The number of hydrogen-bond acceptors (Lipinski definition) is 1. The SMILES string of the molecule is C=C[C@](C)(CC=O)CCC=C(C)C. The Labute approximate surface area is 81.5 Å². The first-order chi connectivity index (χ1) is 6.04. The minimum Gasteiger partial charge on any atom is -0.303 e. The van der Waals surface area contributed by atoms with Crippen molar-refractivity contribution >= 4 is 6.29 Å². The van der Waals surface area contributed by atoms with E-state index in [-0.39, 0.29) is 5.41 Å². The van der Waals surface area contributed by atoms with Crippen LogP contribution in [0.5, 0.6) is 0 Å². The lowest BCUT2D eigenvalue weighted by atomic mass is 9.83. The van der Waals surface area contributed by atoms with Crippen LogP contribution in [0.4, 0.5) is 0 Å². The smallest absolute Gasteiger partial charge is 0.120 e. The molecule has 0 unspecified atom stereocenters. The number of aldehydes is 1. The van der Waals surface area contributed by atoms with Gasteiger partial charge in [0.25, 0.3) is 0 Å². The molecular weight excluding hydrogens is 160 g/mol. The third-order valence-corrected chi connectivity index (χ3v) is 2.31. The van der Waals surface area contributed by atoms with Crippen LogP contribution in [-0.2, 0) is 4.79 Å². The van der Waals surface area contributed by atoms with Gasteiger partial charge in [-0.1, -0.05) is 24.6 Å². The Balaban J connectivity index is 4.04. The minimum absolute atomic E-state index is 0.0201. The first-order valence-corrected chi connectivity index (χ1v) is 4.74. The molecule has 13 heavy (non-hydrogen) atoms. The molecule has 0 aromatic carbocycles. The van der Waals surface area contributed by atoms with Gasteiger partial charge in [-0.05, 0) is 32.1 Å². The normalized spacial score (nSPS) is 14.4. The molecule has 0 aromatic heterocycles. The molecule has 0 spiro atoms. The highest BCUT2D eigenvalue weighted by Gasteiger charge is 2.18. The van der Waals surface area contributed by atoms with Crippen molar-refractivity contribution in [1.82, 2.24) is 0 Å². The van der Waals surface area contributed by atoms with E-state index >= 15 is 0 Å². The summed E-state index contributed by atoms with van der Waals surface area (Å²) in [6.07, 6.45) is 7.67. The monoisotopic (exact) mass is 180 g/mol. The lowest BCUT2D eigenvalue weighted by Crippen LogP contribution is -2.12. The highest BCUT2D eigenvalue weighted by Crippen LogP contribution is 2.28. The molecule has 0 bridgehead atoms. The first kappa shape index (κ1) is 12.2. The predicted octanol–water partition coefficient (Wildman–Crippen LogP) is 3.51. The lowest BCUT2D eigenvalue weighted by Gasteiger charge is -2.21. The van der Waals surface area contributed by atoms with Gasteiger partial charge >= 0.3 is 0 Å². The molecule has 0 heterocycles. The van der Waals surface area contributed by atoms with Crippen LogP contribution >= 0.6 is 0 Å². The summed E-state index contributed by atoms with van der Waals surface area (Å²) in [4.78, 5) is 10.4. The highest BCUT2D eigenvalue weighted by molar-refractivity contribution is 5.51. The molecule has 0 rings (SSSR count). The maximum absolute atomic E-state index is 10.4. The number of carbonyl (C=O) groups excluding carboxylic acids is 1. The van der Waals surface area contributed by atoms with Crippen LogP contribution in [0.2, 0.25) is 0 Å². The Hall–Kier alpha value is -0.850. The molecule has 0 radical (unpaired) electrons. The van der Waals surface area contributed by atoms with Gasteiger partial charge in [0.1, 0.15) is 6.29 Å². The average molecular weight is 180 g/mol. The molecule has 1 atom stereocenters. The molecule has 1 nitrogen and oxygen atoms in total. The maximum Gasteiger partial charge on any atom is 0.120 e. The van der Waals surface area contributed by atoms with E-state index in [1.54, 1.807) is 0 Å². The van der Waals surface area contributed by atoms with Crippen LogP contribution in [0.1, 0.15) is 40.0 Å². The third-order valence-electron chi connectivity index (χ3n) is 2.31. The van der Waals surface area contributed by atoms with Gasteiger partial charge in [-0.25, -0.2) is 0 Å². The molecular formula is C12H20O. The zero-order chi connectivity index (χ0) is 10.3. The van der Waals surface area contributed by atoms with Gasteiger partial charge in [-0.3, -0.25) is 0 Å². The number of allylic oxidation sites excluding steroid dienone is 3. The summed E-state index contributed by atoms with van der Waals surface area (Å²) in [5.41, 5.74) is 1.31. The van der Waals surface area contributed by atoms with Crippen LogP contribution in [-0.4, -0.2) is 6.29 Å². The van der Waals surface area contributed by atoms with Crippen LogP contribution in [0.25, 0.3) is 0 Å². The third kappa shape index (κ3) is 5.40. The molecule has 0 aliphatic heterocycles. The molecule has 0 amide bonds. The minimum atomic E-state index is -0.0201. The lowest BCUT2D eigenvalue weighted by molar-refractivity contribution is -0.109. The van der Waals surface area contributed by atoms with E-state index < -0.39 is 0 Å². The first-order valence-electron chi connectivity index (χ1n) is 4.74. The fraction of sp³-hybridized carbons (Fsp3) is 0.583. The Morgan fingerprint density at radius 1 is 1.46 bits per heavy atom. The molecule has 0 fully saturated rings. The van der Waals surface area contributed by atoms with E-state index in [4.69, 9.17) is 0 Å². The zero-order valence-electron chi connectivity index (χ0n) is 8.97. The molecule has 0 saturated carbocycles. The molecule has 0 N–H and O–H groups in total. The van der Waals surface area contributed by atoms with Crippen molar-refractivity contribution in [3.05, 3.63) is 24.3 Å². The summed E-state index contributed by atoms with van der Waals surface area (Å²) in [7, 11) is 0. The summed E-state index contributed by atoms with van der Waals surface area (Å²) in [5.74, 6) is 0. The Bertz CT molecular complexity index is 199. The molecule has 0 aromatic rings. The number of carbonyl (C=O) groups is 1. The highest BCUT2D eigenvalue weighted by atomic mass is 16.1. The van der Waals surface area contributed by atoms with Crippen molar-refractivity contribution in [2.24, 2.45) is 5.41 Å². The van der Waals surface area contributed by atoms with Crippen LogP contribution in [0.3, 0.4) is 0 Å². The van der Waals surface area contributed by atoms with Crippen molar-refractivity contribution in [2.45, 2.75) is 40.0 Å². The molecule has 0 aliphatic carbocycles. The molecule has 74 valence electrons. The summed E-state index contributed by atoms with van der Waals surface area (Å²) >= 11 is 0. The van der Waals surface area contributed by atoms with Gasteiger partial charge in [0, 0.05) is 6.42 Å². The second-order valence-electron chi connectivity index (χ2n) is 4.05. The molecule has 0 saturated heterocycles. The van der Waals surface area contributed by atoms with Crippen molar-refractivity contribution in [3.63, 3.8) is 0 Å². The predicted molar refractivity (Wildman–Crippen MR) is 57.7 cm³/mol. The van der Waals surface area contributed by atoms with Crippen molar-refractivity contribution < 1.29 is 4.79 Å². The fourth-order valence-corrected chi connectivity index (χ4v) is 1.17. The van der Waals surface area contributed by atoms with Crippen LogP contribution < -0.4 is 0 Å². The largest absolute Gasteiger partial charge is 0.303 e. The second kappa shape index (κ2) is 5.74. The van der Waals surface area contributed by atoms with Gasteiger partial charge in [-0.15, -0.1) is 6.58 Å². The zero-order valence-corrected chi connectivity index (χ0v) is 8.97. The fourth-order valence-electron chi connectivity index (χ4n) is 1.17. The summed E-state index contributed by atoms with van der Waals surface area (Å²) < 4.78 is 0. The van der Waals surface area contributed by atoms with Gasteiger partial charge in [-0.2, -0.15) is 0 Å². The summed E-state index contributed by atoms with van der Waals surface area (Å²) in [5, 5.41) is 0. The standard InChI is InChI=1S/C12H20O/c1-5-12(4,9-10-13)8-6-7-11(2)3/h5,7,10H,1,6,8-9H2,2-4H3/t12-/m0/s1. The molecule has 1 heteroatoms. The van der Waals surface area contributed by atoms with Crippen LogP contribution in [0, 0.1) is 5.41 Å². The van der Waals surface area contributed by atoms with Crippen LogP contribution in [0.15, 0.2) is 24.3 Å². The van der Waals surface area contributed by atoms with E-state index in [2.05, 4.69) is 33.4 Å². The van der Waals surface area contributed by atoms with Gasteiger partial charge in [0.15, 0.2) is 0 Å². The Kier molecular flexibility index (Phi) is 5.36. The average Bonchev–Trinajstić information content (AvgIpc) is 2.04. The van der Waals surface area contributed by atoms with E-state index in [0.29, 0.717) is 6.42 Å². The summed E-state index contributed by atoms with van der Waals surface area (Å²) in [6.45, 7) is 10.0. The van der Waals surface area contributed by atoms with Crippen molar-refractivity contribution in [2.75, 3.05) is 0 Å². The number of hydrogen-bond donors (Lipinski definition) is 0. The van der Waals surface area contributed by atoms with Gasteiger partial charge in [0.05, 0.1) is 0 Å².